The van der Waals surface area contributed by atoms with Gasteiger partial charge < -0.3 is 19.5 Å². The molecule has 4 rings (SSSR count). The normalized spacial score (nSPS) is 17.0. The van der Waals surface area contributed by atoms with Crippen LogP contribution in [0.4, 0.5) is 0 Å². The lowest BCUT2D eigenvalue weighted by Gasteiger charge is -2.31. The van der Waals surface area contributed by atoms with Crippen molar-refractivity contribution < 1.29 is 28.7 Å². The molecule has 1 unspecified atom stereocenters. The number of fused-ring (bicyclic) bond motifs is 1. The molecule has 180 valence electrons. The number of hydrogen-bond acceptors (Lipinski definition) is 4. The molecular formula is C25H31N4O5+. The number of amides is 1. The summed E-state index contributed by atoms with van der Waals surface area (Å²) in [7, 11) is 0. The predicted octanol–water partition coefficient (Wildman–Crippen LogP) is 1.62. The highest BCUT2D eigenvalue weighted by Crippen LogP contribution is 2.28. The van der Waals surface area contributed by atoms with Crippen molar-refractivity contribution in [1.29, 1.82) is 0 Å². The quantitative estimate of drug-likeness (QED) is 0.435. The highest BCUT2D eigenvalue weighted by molar-refractivity contribution is 5.75. The minimum absolute atomic E-state index is 0.0304. The van der Waals surface area contributed by atoms with E-state index in [-0.39, 0.29) is 18.0 Å². The van der Waals surface area contributed by atoms with Crippen molar-refractivity contribution in [1.82, 2.24) is 4.90 Å². The molecule has 2 heterocycles. The Hall–Kier alpha value is -3.75. The second kappa shape index (κ2) is 10.0. The first kappa shape index (κ1) is 23.4. The fourth-order valence-corrected chi connectivity index (χ4v) is 4.43. The number of benzene rings is 2. The summed E-state index contributed by atoms with van der Waals surface area (Å²) in [4.78, 5) is 25.3. The number of carbonyl (C=O) groups is 2. The maximum absolute atomic E-state index is 12.0. The van der Waals surface area contributed by atoms with Crippen molar-refractivity contribution in [3.63, 3.8) is 0 Å². The van der Waals surface area contributed by atoms with Crippen molar-refractivity contribution in [3.05, 3.63) is 59.2 Å². The van der Waals surface area contributed by atoms with Gasteiger partial charge in [-0.2, -0.15) is 0 Å². The first-order valence-corrected chi connectivity index (χ1v) is 11.5. The molecule has 1 fully saturated rings. The van der Waals surface area contributed by atoms with E-state index in [1.165, 1.54) is 5.56 Å². The molecule has 9 nitrogen and oxygen atoms in total. The minimum atomic E-state index is -1.16. The van der Waals surface area contributed by atoms with E-state index < -0.39 is 12.1 Å². The number of hydrogen-bond donors (Lipinski definition) is 3. The van der Waals surface area contributed by atoms with Crippen LogP contribution in [0.1, 0.15) is 42.6 Å². The average Bonchev–Trinajstić information content (AvgIpc) is 2.83. The van der Waals surface area contributed by atoms with E-state index in [0.717, 1.165) is 31.4 Å². The Labute approximate surface area is 198 Å². The Balaban J connectivity index is 1.42. The number of nitrogens with zero attached hydrogens (tertiary/aromatic N) is 2. The largest absolute Gasteiger partial charge is 0.490 e. The number of guanidine groups is 1. The van der Waals surface area contributed by atoms with Gasteiger partial charge in [0, 0.05) is 44.8 Å². The van der Waals surface area contributed by atoms with Gasteiger partial charge in [0.2, 0.25) is 12.0 Å². The number of carbonyl (C=O) groups excluding carboxylic acids is 1. The molecule has 0 bridgehead atoms. The molecule has 0 saturated carbocycles. The highest BCUT2D eigenvalue weighted by atomic mass is 16.5. The summed E-state index contributed by atoms with van der Waals surface area (Å²) in [6.07, 6.45) is 1.22. The monoisotopic (exact) mass is 467 g/mol. The summed E-state index contributed by atoms with van der Waals surface area (Å²) in [5.74, 6) is 0.414. The van der Waals surface area contributed by atoms with Gasteiger partial charge in [0.05, 0.1) is 13.1 Å². The zero-order valence-corrected chi connectivity index (χ0v) is 19.3. The molecule has 1 atom stereocenters. The maximum Gasteiger partial charge on any atom is 0.349 e. The topological polar surface area (TPSA) is 131 Å². The van der Waals surface area contributed by atoms with Crippen molar-refractivity contribution in [2.45, 2.75) is 44.9 Å². The van der Waals surface area contributed by atoms with Crippen LogP contribution >= 0.6 is 0 Å². The van der Waals surface area contributed by atoms with Gasteiger partial charge in [0.15, 0.2) is 0 Å². The lowest BCUT2D eigenvalue weighted by Crippen LogP contribution is -2.40. The molecule has 1 saturated heterocycles. The van der Waals surface area contributed by atoms with E-state index in [2.05, 4.69) is 0 Å². The van der Waals surface area contributed by atoms with Crippen LogP contribution in [0.5, 0.6) is 11.5 Å². The van der Waals surface area contributed by atoms with Crippen LogP contribution in [0.25, 0.3) is 0 Å². The van der Waals surface area contributed by atoms with Crippen LogP contribution in [-0.4, -0.2) is 58.2 Å². The molecule has 2 aliphatic heterocycles. The van der Waals surface area contributed by atoms with E-state index in [4.69, 9.17) is 20.9 Å². The van der Waals surface area contributed by atoms with E-state index in [9.17, 15) is 14.7 Å². The molecule has 0 spiro atoms. The molecule has 1 amide bonds. The summed E-state index contributed by atoms with van der Waals surface area (Å²) in [6, 6.07) is 12.6. The van der Waals surface area contributed by atoms with Crippen molar-refractivity contribution in [2.24, 2.45) is 11.5 Å². The van der Waals surface area contributed by atoms with Gasteiger partial charge in [0.1, 0.15) is 17.6 Å². The summed E-state index contributed by atoms with van der Waals surface area (Å²) >= 11 is 0. The van der Waals surface area contributed by atoms with Crippen LogP contribution < -0.4 is 20.9 Å². The fourth-order valence-electron chi connectivity index (χ4n) is 4.43. The van der Waals surface area contributed by atoms with Gasteiger partial charge in [-0.1, -0.05) is 18.2 Å². The fraction of sp³-hybridized carbons (Fsp3) is 0.400. The minimum Gasteiger partial charge on any atom is -0.490 e. The zero-order valence-electron chi connectivity index (χ0n) is 19.3. The van der Waals surface area contributed by atoms with Crippen LogP contribution in [0, 0.1) is 0 Å². The zero-order chi connectivity index (χ0) is 24.2. The molecule has 9 heteroatoms. The molecule has 0 radical (unpaired) electrons. The first-order valence-electron chi connectivity index (χ1n) is 11.5. The van der Waals surface area contributed by atoms with E-state index >= 15 is 0 Å². The lowest BCUT2D eigenvalue weighted by molar-refractivity contribution is -0.549. The van der Waals surface area contributed by atoms with Gasteiger partial charge in [-0.05, 0) is 35.4 Å². The maximum atomic E-state index is 12.0. The smallest absolute Gasteiger partial charge is 0.349 e. The van der Waals surface area contributed by atoms with Crippen LogP contribution in [0.15, 0.2) is 42.5 Å². The number of ether oxygens (including phenoxy) is 2. The molecular weight excluding hydrogens is 436 g/mol. The number of piperidine rings is 1. The Morgan fingerprint density at radius 2 is 1.74 bits per heavy atom. The SMILES string of the molecule is CC(=O)N1CCC(Oc2ccc(C(Oc3ccc4c(c3)C[N+](=C(N)N)CC4)C(=O)O)cc2)CC1. The third kappa shape index (κ3) is 5.41. The van der Waals surface area contributed by atoms with Crippen molar-refractivity contribution in [3.8, 4) is 11.5 Å². The third-order valence-corrected chi connectivity index (χ3v) is 6.41. The molecule has 2 aromatic rings. The summed E-state index contributed by atoms with van der Waals surface area (Å²) in [5.41, 5.74) is 14.2. The van der Waals surface area contributed by atoms with Gasteiger partial charge in [0.25, 0.3) is 0 Å². The van der Waals surface area contributed by atoms with Gasteiger partial charge in [-0.3, -0.25) is 20.8 Å². The molecule has 5 N–H and O–H groups in total. The number of carboxylic acids is 1. The van der Waals surface area contributed by atoms with E-state index in [1.807, 2.05) is 21.6 Å². The predicted molar refractivity (Wildman–Crippen MR) is 126 cm³/mol. The second-order valence-corrected chi connectivity index (χ2v) is 8.76. The molecule has 0 aromatic heterocycles. The number of rotatable bonds is 6. The number of nitrogens with two attached hydrogens (primary N) is 2. The Bertz CT molecular complexity index is 1090. The summed E-state index contributed by atoms with van der Waals surface area (Å²) in [5, 5.41) is 9.81. The van der Waals surface area contributed by atoms with Gasteiger partial charge in [-0.25, -0.2) is 4.79 Å². The first-order chi connectivity index (χ1) is 16.3. The lowest BCUT2D eigenvalue weighted by atomic mass is 10.0. The number of likely N-dealkylation sites (tertiary alicyclic amines) is 1. The number of carboxylic acid groups (broad SMARTS) is 1. The second-order valence-electron chi connectivity index (χ2n) is 8.76. The van der Waals surface area contributed by atoms with E-state index in [0.29, 0.717) is 36.7 Å². The average molecular weight is 468 g/mol. The molecule has 0 aliphatic carbocycles. The summed E-state index contributed by atoms with van der Waals surface area (Å²) in [6.45, 7) is 4.25. The standard InChI is InChI=1S/C25H30N4O5/c1-16(30)28-12-9-21(10-13-28)33-20-5-3-18(4-6-20)23(24(31)32)34-22-7-2-17-8-11-29(25(26)27)15-19(17)14-22/h2-7,14,21,23H,8-13,15H2,1H3,(H4,26,27,31,32)/p+1. The molecule has 34 heavy (non-hydrogen) atoms. The summed E-state index contributed by atoms with van der Waals surface area (Å²) < 4.78 is 13.8. The third-order valence-electron chi connectivity index (χ3n) is 6.41. The van der Waals surface area contributed by atoms with Crippen LogP contribution in [0.3, 0.4) is 0 Å². The molecule has 2 aliphatic rings. The van der Waals surface area contributed by atoms with Crippen LogP contribution in [-0.2, 0) is 22.6 Å². The Morgan fingerprint density at radius 3 is 2.35 bits per heavy atom. The van der Waals surface area contributed by atoms with Gasteiger partial charge >= 0.3 is 11.9 Å². The van der Waals surface area contributed by atoms with Gasteiger partial charge in [-0.15, -0.1) is 0 Å². The Morgan fingerprint density at radius 1 is 1.06 bits per heavy atom. The van der Waals surface area contributed by atoms with Crippen LogP contribution in [0.2, 0.25) is 0 Å². The molecule has 2 aromatic carbocycles. The van der Waals surface area contributed by atoms with Crippen molar-refractivity contribution >= 4 is 17.8 Å². The van der Waals surface area contributed by atoms with E-state index in [1.54, 1.807) is 37.3 Å². The highest BCUT2D eigenvalue weighted by Gasteiger charge is 2.25. The Kier molecular flexibility index (Phi) is 6.90. The van der Waals surface area contributed by atoms with Crippen molar-refractivity contribution in [2.75, 3.05) is 19.6 Å². The number of aliphatic carboxylic acids is 1.